The molecule has 1 N–H and O–H groups in total. The number of benzene rings is 1. The monoisotopic (exact) mass is 275 g/mol. The number of carbonyl (C=O) groups excluding carboxylic acids is 1. The Hall–Kier alpha value is -1.88. The van der Waals surface area contributed by atoms with Crippen LogP contribution in [0.3, 0.4) is 0 Å². The molecule has 0 unspecified atom stereocenters. The first-order valence-electron chi connectivity index (χ1n) is 5.86. The molecule has 0 bridgehead atoms. The molecule has 2 aliphatic rings. The fourth-order valence-corrected chi connectivity index (χ4v) is 3.18. The van der Waals surface area contributed by atoms with Gasteiger partial charge in [0, 0.05) is 22.3 Å². The van der Waals surface area contributed by atoms with Gasteiger partial charge in [-0.3, -0.25) is 4.79 Å². The van der Waals surface area contributed by atoms with Crippen LogP contribution in [-0.2, 0) is 9.53 Å². The lowest BCUT2D eigenvalue weighted by molar-refractivity contribution is -0.117. The Morgan fingerprint density at radius 2 is 2.11 bits per heavy atom. The van der Waals surface area contributed by atoms with Crippen LogP contribution in [0.15, 0.2) is 45.5 Å². The van der Waals surface area contributed by atoms with Gasteiger partial charge in [-0.2, -0.15) is 0 Å². The van der Waals surface area contributed by atoms with E-state index in [1.54, 1.807) is 24.9 Å². The fraction of sp³-hybridized carbons (Fsp3) is 0.214. The second-order valence-electron chi connectivity index (χ2n) is 4.24. The van der Waals surface area contributed by atoms with E-state index in [1.165, 1.54) is 7.11 Å². The van der Waals surface area contributed by atoms with Crippen LogP contribution in [0.1, 0.15) is 6.42 Å². The topological polar surface area (TPSA) is 47.6 Å². The van der Waals surface area contributed by atoms with Gasteiger partial charge >= 0.3 is 0 Å². The van der Waals surface area contributed by atoms with Gasteiger partial charge in [0.05, 0.1) is 25.6 Å². The van der Waals surface area contributed by atoms with Crippen LogP contribution in [0.2, 0.25) is 0 Å². The van der Waals surface area contributed by atoms with Gasteiger partial charge in [-0.15, -0.1) is 0 Å². The molecule has 0 saturated heterocycles. The van der Waals surface area contributed by atoms with Crippen LogP contribution >= 0.6 is 11.8 Å². The highest BCUT2D eigenvalue weighted by molar-refractivity contribution is 8.03. The van der Waals surface area contributed by atoms with Gasteiger partial charge in [0.15, 0.2) is 5.76 Å². The Morgan fingerprint density at radius 3 is 2.84 bits per heavy atom. The second kappa shape index (κ2) is 4.66. The molecule has 0 amide bonds. The van der Waals surface area contributed by atoms with Crippen LogP contribution in [0.5, 0.6) is 5.75 Å². The largest absolute Gasteiger partial charge is 0.497 e. The first kappa shape index (κ1) is 12.2. The third-order valence-electron chi connectivity index (χ3n) is 3.08. The van der Waals surface area contributed by atoms with Gasteiger partial charge in [0.1, 0.15) is 5.75 Å². The first-order chi connectivity index (χ1) is 9.21. The molecule has 0 atom stereocenters. The van der Waals surface area contributed by atoms with Crippen molar-refractivity contribution in [2.24, 2.45) is 0 Å². The summed E-state index contributed by atoms with van der Waals surface area (Å²) in [4.78, 5) is 13.9. The lowest BCUT2D eigenvalue weighted by atomic mass is 10.1. The number of allylic oxidation sites excluding steroid dienone is 3. The van der Waals surface area contributed by atoms with E-state index in [4.69, 9.17) is 9.47 Å². The van der Waals surface area contributed by atoms with Crippen molar-refractivity contribution in [3.05, 3.63) is 40.6 Å². The lowest BCUT2D eigenvalue weighted by Crippen LogP contribution is -2.17. The number of hydrogen-bond acceptors (Lipinski definition) is 5. The molecule has 0 radical (unpaired) electrons. The van der Waals surface area contributed by atoms with Gasteiger partial charge in [0.25, 0.3) is 0 Å². The summed E-state index contributed by atoms with van der Waals surface area (Å²) in [7, 11) is 3.16. The molecule has 3 rings (SSSR count). The molecule has 0 fully saturated rings. The van der Waals surface area contributed by atoms with Crippen molar-refractivity contribution in [2.75, 3.05) is 19.5 Å². The van der Waals surface area contributed by atoms with E-state index in [0.29, 0.717) is 12.2 Å². The third kappa shape index (κ3) is 2.10. The average Bonchev–Trinajstić information content (AvgIpc) is 2.44. The zero-order valence-corrected chi connectivity index (χ0v) is 11.5. The molecule has 1 aliphatic carbocycles. The van der Waals surface area contributed by atoms with Crippen molar-refractivity contribution in [3.63, 3.8) is 0 Å². The summed E-state index contributed by atoms with van der Waals surface area (Å²) < 4.78 is 10.3. The number of nitrogens with one attached hydrogen (secondary N) is 1. The van der Waals surface area contributed by atoms with Gasteiger partial charge in [-0.05, 0) is 18.2 Å². The van der Waals surface area contributed by atoms with E-state index in [2.05, 4.69) is 5.32 Å². The van der Waals surface area contributed by atoms with E-state index in [9.17, 15) is 4.79 Å². The first-order valence-corrected chi connectivity index (χ1v) is 6.68. The molecule has 0 saturated carbocycles. The Balaban J connectivity index is 1.97. The molecule has 1 aromatic rings. The van der Waals surface area contributed by atoms with Crippen LogP contribution in [0.25, 0.3) is 0 Å². The van der Waals surface area contributed by atoms with Crippen molar-refractivity contribution < 1.29 is 14.3 Å². The summed E-state index contributed by atoms with van der Waals surface area (Å²) in [5.41, 5.74) is 1.96. The quantitative estimate of drug-likeness (QED) is 0.899. The summed E-state index contributed by atoms with van der Waals surface area (Å²) in [6, 6.07) is 5.85. The summed E-state index contributed by atoms with van der Waals surface area (Å²) >= 11 is 1.60. The van der Waals surface area contributed by atoms with Crippen LogP contribution in [-0.4, -0.2) is 20.0 Å². The third-order valence-corrected chi connectivity index (χ3v) is 4.25. The van der Waals surface area contributed by atoms with E-state index < -0.39 is 0 Å². The molecule has 19 heavy (non-hydrogen) atoms. The minimum absolute atomic E-state index is 0.0156. The van der Waals surface area contributed by atoms with E-state index >= 15 is 0 Å². The van der Waals surface area contributed by atoms with Crippen molar-refractivity contribution in [2.45, 2.75) is 11.3 Å². The predicted octanol–water partition coefficient (Wildman–Crippen LogP) is 2.93. The fourth-order valence-electron chi connectivity index (χ4n) is 2.09. The zero-order chi connectivity index (χ0) is 13.4. The minimum atomic E-state index is 0.0156. The number of methoxy groups -OCH3 is 2. The van der Waals surface area contributed by atoms with Gasteiger partial charge in [-0.1, -0.05) is 11.8 Å². The maximum Gasteiger partial charge on any atom is 0.202 e. The second-order valence-corrected chi connectivity index (χ2v) is 5.38. The number of hydrogen-bond donors (Lipinski definition) is 1. The maximum absolute atomic E-state index is 11.8. The zero-order valence-electron chi connectivity index (χ0n) is 10.6. The minimum Gasteiger partial charge on any atom is -0.497 e. The average molecular weight is 275 g/mol. The molecule has 98 valence electrons. The highest BCUT2D eigenvalue weighted by atomic mass is 32.2. The van der Waals surface area contributed by atoms with E-state index in [1.807, 2.05) is 18.2 Å². The molecule has 5 heteroatoms. The number of carbonyl (C=O) groups is 1. The standard InChI is InChI=1S/C14H13NO3S/c1-17-8-3-4-9-13(5-8)19-14-7-11(16)12(18-2)6-10(14)15-9/h3-6,15H,7H2,1-2H3. The van der Waals surface area contributed by atoms with Crippen LogP contribution in [0, 0.1) is 0 Å². The Labute approximate surface area is 115 Å². The van der Waals surface area contributed by atoms with Crippen molar-refractivity contribution >= 4 is 23.2 Å². The van der Waals surface area contributed by atoms with Crippen LogP contribution < -0.4 is 10.1 Å². The summed E-state index contributed by atoms with van der Waals surface area (Å²) in [5, 5.41) is 3.33. The molecular weight excluding hydrogens is 262 g/mol. The Kier molecular flexibility index (Phi) is 2.98. The SMILES string of the molecule is COC1=CC2=C(CC1=O)Sc1cc(OC)ccc1N2. The molecule has 4 nitrogen and oxygen atoms in total. The summed E-state index contributed by atoms with van der Waals surface area (Å²) in [6.07, 6.45) is 2.14. The number of ketones is 1. The maximum atomic E-state index is 11.8. The number of Topliss-reactive ketones (excluding diaryl/α,β-unsaturated/α-hetero) is 1. The highest BCUT2D eigenvalue weighted by Gasteiger charge is 2.26. The molecule has 0 aromatic heterocycles. The summed E-state index contributed by atoms with van der Waals surface area (Å²) in [6.45, 7) is 0. The number of anilines is 1. The number of fused-ring (bicyclic) bond motifs is 1. The van der Waals surface area contributed by atoms with Crippen molar-refractivity contribution in [1.82, 2.24) is 0 Å². The van der Waals surface area contributed by atoms with Crippen molar-refractivity contribution in [3.8, 4) is 5.75 Å². The highest BCUT2D eigenvalue weighted by Crippen LogP contribution is 2.44. The number of rotatable bonds is 2. The Bertz CT molecular complexity index is 619. The molecule has 1 aliphatic heterocycles. The van der Waals surface area contributed by atoms with Gasteiger partial charge in [-0.25, -0.2) is 0 Å². The van der Waals surface area contributed by atoms with Crippen molar-refractivity contribution in [1.29, 1.82) is 0 Å². The lowest BCUT2D eigenvalue weighted by Gasteiger charge is -2.25. The van der Waals surface area contributed by atoms with E-state index in [0.717, 1.165) is 26.9 Å². The van der Waals surface area contributed by atoms with E-state index in [-0.39, 0.29) is 5.78 Å². The molecule has 0 spiro atoms. The smallest absolute Gasteiger partial charge is 0.202 e. The molecular formula is C14H13NO3S. The number of thioether (sulfide) groups is 1. The molecule has 1 heterocycles. The number of ether oxygens (including phenoxy) is 2. The summed E-state index contributed by atoms with van der Waals surface area (Å²) in [5.74, 6) is 1.23. The van der Waals surface area contributed by atoms with Gasteiger partial charge < -0.3 is 14.8 Å². The van der Waals surface area contributed by atoms with Gasteiger partial charge in [0.2, 0.25) is 5.78 Å². The Morgan fingerprint density at radius 1 is 1.26 bits per heavy atom. The molecule has 1 aromatic carbocycles. The predicted molar refractivity (Wildman–Crippen MR) is 74.2 cm³/mol. The van der Waals surface area contributed by atoms with Crippen LogP contribution in [0.4, 0.5) is 5.69 Å². The normalized spacial score (nSPS) is 17.2.